The lowest BCUT2D eigenvalue weighted by Crippen LogP contribution is -2.20. The normalized spacial score (nSPS) is 10.8. The van der Waals surface area contributed by atoms with Gasteiger partial charge in [0.1, 0.15) is 5.65 Å². The first-order chi connectivity index (χ1) is 9.25. The van der Waals surface area contributed by atoms with Crippen molar-refractivity contribution in [2.75, 3.05) is 0 Å². The maximum Gasteiger partial charge on any atom is 0.252 e. The van der Waals surface area contributed by atoms with Crippen LogP contribution in [0.15, 0.2) is 59.5 Å². The summed E-state index contributed by atoms with van der Waals surface area (Å²) in [4.78, 5) is 16.4. The molecule has 94 valence electrons. The summed E-state index contributed by atoms with van der Waals surface area (Å²) >= 11 is 0. The molecule has 3 rings (SSSR count). The van der Waals surface area contributed by atoms with E-state index in [1.807, 2.05) is 49.4 Å². The van der Waals surface area contributed by atoms with E-state index in [0.29, 0.717) is 6.54 Å². The second-order valence-electron chi connectivity index (χ2n) is 4.61. The molecule has 1 aromatic carbocycles. The molecule has 2 heterocycles. The first-order valence-corrected chi connectivity index (χ1v) is 6.25. The van der Waals surface area contributed by atoms with Crippen LogP contribution in [0.1, 0.15) is 11.1 Å². The molecule has 2 aromatic heterocycles. The lowest BCUT2D eigenvalue weighted by Gasteiger charge is -2.10. The topological polar surface area (TPSA) is 34.9 Å². The highest BCUT2D eigenvalue weighted by Gasteiger charge is 2.06. The zero-order chi connectivity index (χ0) is 13.2. The van der Waals surface area contributed by atoms with Crippen molar-refractivity contribution in [2.45, 2.75) is 13.5 Å². The number of hydrogen-bond acceptors (Lipinski definition) is 2. The van der Waals surface area contributed by atoms with Gasteiger partial charge in [-0.15, -0.1) is 0 Å². The van der Waals surface area contributed by atoms with Crippen molar-refractivity contribution in [1.29, 1.82) is 0 Å². The van der Waals surface area contributed by atoms with E-state index in [4.69, 9.17) is 0 Å². The summed E-state index contributed by atoms with van der Waals surface area (Å²) in [6.07, 6.45) is 1.75. The zero-order valence-corrected chi connectivity index (χ0v) is 10.7. The smallest absolute Gasteiger partial charge is 0.252 e. The summed E-state index contributed by atoms with van der Waals surface area (Å²) in [6, 6.07) is 15.4. The van der Waals surface area contributed by atoms with Crippen LogP contribution >= 0.6 is 0 Å². The van der Waals surface area contributed by atoms with E-state index in [0.717, 1.165) is 22.2 Å². The average Bonchev–Trinajstić information content (AvgIpc) is 2.43. The van der Waals surface area contributed by atoms with E-state index in [1.54, 1.807) is 16.8 Å². The maximum absolute atomic E-state index is 12.1. The van der Waals surface area contributed by atoms with Crippen molar-refractivity contribution >= 4 is 11.0 Å². The van der Waals surface area contributed by atoms with Crippen molar-refractivity contribution in [2.24, 2.45) is 0 Å². The van der Waals surface area contributed by atoms with Crippen molar-refractivity contribution in [1.82, 2.24) is 9.55 Å². The predicted molar refractivity (Wildman–Crippen MR) is 76.3 cm³/mol. The number of aromatic nitrogens is 2. The van der Waals surface area contributed by atoms with Crippen LogP contribution in [0.5, 0.6) is 0 Å². The standard InChI is InChI=1S/C16H14N2O/c1-12-9-10-17-16-14(12)7-8-15(19)18(16)11-13-5-3-2-4-6-13/h2-10H,11H2,1H3. The monoisotopic (exact) mass is 250 g/mol. The highest BCUT2D eigenvalue weighted by atomic mass is 16.1. The van der Waals surface area contributed by atoms with Gasteiger partial charge >= 0.3 is 0 Å². The van der Waals surface area contributed by atoms with Gasteiger partial charge in [0.15, 0.2) is 0 Å². The molecule has 0 fully saturated rings. The number of aryl methyl sites for hydroxylation is 1. The molecule has 0 aliphatic heterocycles. The largest absolute Gasteiger partial charge is 0.288 e. The van der Waals surface area contributed by atoms with Gasteiger partial charge in [-0.1, -0.05) is 30.3 Å². The summed E-state index contributed by atoms with van der Waals surface area (Å²) in [5.41, 5.74) is 2.96. The van der Waals surface area contributed by atoms with Crippen molar-refractivity contribution < 1.29 is 0 Å². The van der Waals surface area contributed by atoms with Gasteiger partial charge in [0.25, 0.3) is 5.56 Å². The number of nitrogens with zero attached hydrogens (tertiary/aromatic N) is 2. The summed E-state index contributed by atoms with van der Waals surface area (Å²) in [7, 11) is 0. The second-order valence-corrected chi connectivity index (χ2v) is 4.61. The van der Waals surface area contributed by atoms with Crippen LogP contribution in [0.25, 0.3) is 11.0 Å². The van der Waals surface area contributed by atoms with Gasteiger partial charge in [-0.05, 0) is 30.2 Å². The van der Waals surface area contributed by atoms with Crippen molar-refractivity contribution in [3.05, 3.63) is 76.2 Å². The van der Waals surface area contributed by atoms with E-state index in [1.165, 1.54) is 0 Å². The SMILES string of the molecule is Cc1ccnc2c1ccc(=O)n2Cc1ccccc1. The Morgan fingerprint density at radius 3 is 2.63 bits per heavy atom. The van der Waals surface area contributed by atoms with Crippen LogP contribution < -0.4 is 5.56 Å². The molecular formula is C16H14N2O. The minimum absolute atomic E-state index is 0.0190. The zero-order valence-electron chi connectivity index (χ0n) is 10.7. The third-order valence-corrected chi connectivity index (χ3v) is 3.28. The molecule has 0 bridgehead atoms. The summed E-state index contributed by atoms with van der Waals surface area (Å²) in [5.74, 6) is 0. The fraction of sp³-hybridized carbons (Fsp3) is 0.125. The molecule has 0 N–H and O–H groups in total. The molecule has 0 saturated carbocycles. The molecule has 3 aromatic rings. The molecule has 0 atom stereocenters. The fourth-order valence-corrected chi connectivity index (χ4v) is 2.24. The Kier molecular flexibility index (Phi) is 2.88. The molecule has 0 radical (unpaired) electrons. The minimum atomic E-state index is -0.0190. The Hall–Kier alpha value is -2.42. The van der Waals surface area contributed by atoms with Gasteiger partial charge in [-0.3, -0.25) is 9.36 Å². The molecule has 0 saturated heterocycles. The number of hydrogen-bond donors (Lipinski definition) is 0. The third-order valence-electron chi connectivity index (χ3n) is 3.28. The van der Waals surface area contributed by atoms with Crippen LogP contribution in [-0.2, 0) is 6.54 Å². The molecule has 0 unspecified atom stereocenters. The van der Waals surface area contributed by atoms with Gasteiger partial charge in [-0.25, -0.2) is 4.98 Å². The summed E-state index contributed by atoms with van der Waals surface area (Å²) in [5, 5.41) is 1.03. The lowest BCUT2D eigenvalue weighted by molar-refractivity contribution is 0.783. The van der Waals surface area contributed by atoms with E-state index >= 15 is 0 Å². The highest BCUT2D eigenvalue weighted by molar-refractivity contribution is 5.78. The van der Waals surface area contributed by atoms with E-state index < -0.39 is 0 Å². The maximum atomic E-state index is 12.1. The van der Waals surface area contributed by atoms with Crippen molar-refractivity contribution in [3.63, 3.8) is 0 Å². The number of benzene rings is 1. The summed E-state index contributed by atoms with van der Waals surface area (Å²) in [6.45, 7) is 2.58. The summed E-state index contributed by atoms with van der Waals surface area (Å²) < 4.78 is 1.72. The first-order valence-electron chi connectivity index (χ1n) is 6.25. The second kappa shape index (κ2) is 4.69. The molecule has 19 heavy (non-hydrogen) atoms. The van der Waals surface area contributed by atoms with E-state index in [9.17, 15) is 4.79 Å². The number of pyridine rings is 2. The van der Waals surface area contributed by atoms with Crippen LogP contribution in [-0.4, -0.2) is 9.55 Å². The average molecular weight is 250 g/mol. The third kappa shape index (κ3) is 2.15. The molecule has 0 aliphatic carbocycles. The van der Waals surface area contributed by atoms with Gasteiger partial charge in [0, 0.05) is 17.6 Å². The molecule has 3 heteroatoms. The van der Waals surface area contributed by atoms with Crippen LogP contribution in [0.3, 0.4) is 0 Å². The van der Waals surface area contributed by atoms with Gasteiger partial charge in [-0.2, -0.15) is 0 Å². The molecule has 0 amide bonds. The number of rotatable bonds is 2. The van der Waals surface area contributed by atoms with Gasteiger partial charge < -0.3 is 0 Å². The van der Waals surface area contributed by atoms with Gasteiger partial charge in [0.2, 0.25) is 0 Å². The van der Waals surface area contributed by atoms with Crippen LogP contribution in [0.2, 0.25) is 0 Å². The Balaban J connectivity index is 2.20. The minimum Gasteiger partial charge on any atom is -0.288 e. The Bertz CT molecular complexity index is 776. The van der Waals surface area contributed by atoms with E-state index in [2.05, 4.69) is 4.98 Å². The van der Waals surface area contributed by atoms with Crippen molar-refractivity contribution in [3.8, 4) is 0 Å². The first kappa shape index (κ1) is 11.7. The molecule has 3 nitrogen and oxygen atoms in total. The molecule has 0 aliphatic rings. The number of fused-ring (bicyclic) bond motifs is 1. The molecule has 0 spiro atoms. The van der Waals surface area contributed by atoms with Crippen LogP contribution in [0, 0.1) is 6.92 Å². The Labute approximate surface area is 111 Å². The lowest BCUT2D eigenvalue weighted by atomic mass is 10.1. The quantitative estimate of drug-likeness (QED) is 0.701. The van der Waals surface area contributed by atoms with Gasteiger partial charge in [0.05, 0.1) is 6.54 Å². The highest BCUT2D eigenvalue weighted by Crippen LogP contribution is 2.14. The Morgan fingerprint density at radius 2 is 1.84 bits per heavy atom. The Morgan fingerprint density at radius 1 is 1.05 bits per heavy atom. The fourth-order valence-electron chi connectivity index (χ4n) is 2.24. The van der Waals surface area contributed by atoms with E-state index in [-0.39, 0.29) is 5.56 Å². The van der Waals surface area contributed by atoms with Crippen LogP contribution in [0.4, 0.5) is 0 Å². The predicted octanol–water partition coefficient (Wildman–Crippen LogP) is 2.75. The molecular weight excluding hydrogens is 236 g/mol.